The van der Waals surface area contributed by atoms with E-state index in [0.717, 1.165) is 11.0 Å². The molecule has 52 valence electrons. The number of likely N-dealkylation sites (tertiary alicyclic amines) is 1. The van der Waals surface area contributed by atoms with Gasteiger partial charge in [0.2, 0.25) is 0 Å². The molecule has 0 radical (unpaired) electrons. The normalized spacial score (nSPS) is 20.6. The molecule has 0 saturated carbocycles. The van der Waals surface area contributed by atoms with Crippen molar-refractivity contribution in [2.24, 2.45) is 0 Å². The molecule has 1 saturated heterocycles. The van der Waals surface area contributed by atoms with Crippen LogP contribution in [0, 0.1) is 0 Å². The maximum atomic E-state index is 3.79. The van der Waals surface area contributed by atoms with Gasteiger partial charge in [-0.3, -0.25) is 4.90 Å². The number of rotatable bonds is 2. The van der Waals surface area contributed by atoms with E-state index in [9.17, 15) is 0 Å². The lowest BCUT2D eigenvalue weighted by atomic mass is 10.4. The molecule has 0 unspecified atom stereocenters. The fraction of sp³-hybridized carbons (Fsp3) is 0.714. The van der Waals surface area contributed by atoms with Crippen LogP contribution in [0.1, 0.15) is 12.8 Å². The summed E-state index contributed by atoms with van der Waals surface area (Å²) in [6, 6.07) is 0. The summed E-state index contributed by atoms with van der Waals surface area (Å²) < 4.78 is 1.10. The zero-order valence-corrected chi connectivity index (χ0v) is 7.15. The maximum Gasteiger partial charge on any atom is 0.0293 e. The minimum Gasteiger partial charge on any atom is -0.299 e. The van der Waals surface area contributed by atoms with Crippen LogP contribution in [0.4, 0.5) is 0 Å². The van der Waals surface area contributed by atoms with Crippen LogP contribution in [0.3, 0.4) is 0 Å². The zero-order valence-electron chi connectivity index (χ0n) is 5.57. The Balaban J connectivity index is 2.19. The van der Waals surface area contributed by atoms with E-state index < -0.39 is 0 Å². The van der Waals surface area contributed by atoms with Crippen LogP contribution in [-0.4, -0.2) is 24.5 Å². The lowest BCUT2D eigenvalue weighted by Gasteiger charge is -2.12. The van der Waals surface area contributed by atoms with Crippen LogP contribution in [-0.2, 0) is 0 Å². The van der Waals surface area contributed by atoms with Crippen molar-refractivity contribution in [3.8, 4) is 0 Å². The highest BCUT2D eigenvalue weighted by molar-refractivity contribution is 9.11. The molecule has 0 N–H and O–H groups in total. The van der Waals surface area contributed by atoms with E-state index >= 15 is 0 Å². The lowest BCUT2D eigenvalue weighted by molar-refractivity contribution is 0.376. The average molecular weight is 190 g/mol. The molecule has 1 heterocycles. The summed E-state index contributed by atoms with van der Waals surface area (Å²) in [6.45, 7) is 7.33. The minimum absolute atomic E-state index is 1.03. The van der Waals surface area contributed by atoms with Crippen LogP contribution < -0.4 is 0 Å². The zero-order chi connectivity index (χ0) is 6.69. The molecule has 1 aliphatic heterocycles. The Bertz CT molecular complexity index is 105. The summed E-state index contributed by atoms with van der Waals surface area (Å²) in [5.74, 6) is 0. The second-order valence-corrected chi connectivity index (χ2v) is 3.62. The van der Waals surface area contributed by atoms with Gasteiger partial charge in [-0.1, -0.05) is 22.5 Å². The van der Waals surface area contributed by atoms with Crippen LogP contribution in [0.2, 0.25) is 0 Å². The lowest BCUT2D eigenvalue weighted by Crippen LogP contribution is -2.19. The molecule has 0 aromatic carbocycles. The predicted molar refractivity (Wildman–Crippen MR) is 43.7 cm³/mol. The largest absolute Gasteiger partial charge is 0.299 e. The van der Waals surface area contributed by atoms with Crippen LogP contribution in [0.15, 0.2) is 11.1 Å². The molecular weight excluding hydrogens is 178 g/mol. The van der Waals surface area contributed by atoms with E-state index in [-0.39, 0.29) is 0 Å². The Morgan fingerprint density at radius 3 is 2.44 bits per heavy atom. The molecule has 0 atom stereocenters. The van der Waals surface area contributed by atoms with E-state index in [0.29, 0.717) is 0 Å². The summed E-state index contributed by atoms with van der Waals surface area (Å²) in [5, 5.41) is 0. The van der Waals surface area contributed by atoms with Crippen molar-refractivity contribution in [3.05, 3.63) is 11.1 Å². The first-order valence-electron chi connectivity index (χ1n) is 3.34. The molecular formula is C7H12BrN. The van der Waals surface area contributed by atoms with Gasteiger partial charge in [0.1, 0.15) is 0 Å². The highest BCUT2D eigenvalue weighted by Gasteiger charge is 2.10. The van der Waals surface area contributed by atoms with Gasteiger partial charge in [-0.05, 0) is 25.9 Å². The van der Waals surface area contributed by atoms with Gasteiger partial charge >= 0.3 is 0 Å². The first-order chi connectivity index (χ1) is 4.29. The molecule has 2 heteroatoms. The highest BCUT2D eigenvalue weighted by Crippen LogP contribution is 2.11. The molecule has 0 aromatic heterocycles. The number of halogens is 1. The monoisotopic (exact) mass is 189 g/mol. The van der Waals surface area contributed by atoms with Gasteiger partial charge in [-0.2, -0.15) is 0 Å². The molecule has 0 aromatic rings. The van der Waals surface area contributed by atoms with Crippen molar-refractivity contribution in [1.82, 2.24) is 4.90 Å². The van der Waals surface area contributed by atoms with Crippen molar-refractivity contribution < 1.29 is 0 Å². The number of hydrogen-bond acceptors (Lipinski definition) is 1. The molecule has 1 nitrogen and oxygen atoms in total. The molecule has 1 rings (SSSR count). The van der Waals surface area contributed by atoms with Crippen molar-refractivity contribution in [2.75, 3.05) is 19.6 Å². The van der Waals surface area contributed by atoms with Crippen molar-refractivity contribution in [1.29, 1.82) is 0 Å². The topological polar surface area (TPSA) is 3.24 Å². The standard InChI is InChI=1S/C7H12BrN/c1-7(8)6-9-4-2-3-5-9/h1-6H2. The van der Waals surface area contributed by atoms with Gasteiger partial charge < -0.3 is 0 Å². The molecule has 0 aliphatic carbocycles. The Morgan fingerprint density at radius 2 is 2.00 bits per heavy atom. The average Bonchev–Trinajstić information content (AvgIpc) is 2.15. The van der Waals surface area contributed by atoms with Crippen LogP contribution in [0.25, 0.3) is 0 Å². The van der Waals surface area contributed by atoms with E-state index in [2.05, 4.69) is 27.4 Å². The molecule has 1 fully saturated rings. The predicted octanol–water partition coefficient (Wildman–Crippen LogP) is 1.99. The van der Waals surface area contributed by atoms with Crippen LogP contribution in [0.5, 0.6) is 0 Å². The third-order valence-electron chi connectivity index (χ3n) is 1.59. The SMILES string of the molecule is C=C(Br)CN1CCCC1. The Kier molecular flexibility index (Phi) is 2.73. The summed E-state index contributed by atoms with van der Waals surface area (Å²) in [4.78, 5) is 2.41. The first kappa shape index (κ1) is 7.29. The van der Waals surface area contributed by atoms with Gasteiger partial charge in [0, 0.05) is 11.0 Å². The van der Waals surface area contributed by atoms with Gasteiger partial charge in [0.15, 0.2) is 0 Å². The highest BCUT2D eigenvalue weighted by atomic mass is 79.9. The van der Waals surface area contributed by atoms with Gasteiger partial charge in [0.05, 0.1) is 0 Å². The smallest absolute Gasteiger partial charge is 0.0293 e. The second kappa shape index (κ2) is 3.37. The van der Waals surface area contributed by atoms with Crippen molar-refractivity contribution in [3.63, 3.8) is 0 Å². The Hall–Kier alpha value is 0.180. The molecule has 0 bridgehead atoms. The molecule has 0 spiro atoms. The first-order valence-corrected chi connectivity index (χ1v) is 4.14. The number of hydrogen-bond donors (Lipinski definition) is 0. The summed E-state index contributed by atoms with van der Waals surface area (Å²) in [5.41, 5.74) is 0. The number of nitrogens with zero attached hydrogens (tertiary/aromatic N) is 1. The quantitative estimate of drug-likeness (QED) is 0.643. The van der Waals surface area contributed by atoms with Crippen molar-refractivity contribution >= 4 is 15.9 Å². The van der Waals surface area contributed by atoms with Gasteiger partial charge in [0.25, 0.3) is 0 Å². The fourth-order valence-corrected chi connectivity index (χ4v) is 1.54. The van der Waals surface area contributed by atoms with E-state index in [4.69, 9.17) is 0 Å². The summed E-state index contributed by atoms with van der Waals surface area (Å²) in [7, 11) is 0. The van der Waals surface area contributed by atoms with E-state index in [1.54, 1.807) is 0 Å². The van der Waals surface area contributed by atoms with Gasteiger partial charge in [-0.15, -0.1) is 0 Å². The van der Waals surface area contributed by atoms with Crippen molar-refractivity contribution in [2.45, 2.75) is 12.8 Å². The van der Waals surface area contributed by atoms with E-state index in [1.807, 2.05) is 0 Å². The summed E-state index contributed by atoms with van der Waals surface area (Å²) >= 11 is 3.35. The minimum atomic E-state index is 1.03. The third kappa shape index (κ3) is 2.50. The second-order valence-electron chi connectivity index (χ2n) is 2.50. The van der Waals surface area contributed by atoms with E-state index in [1.165, 1.54) is 25.9 Å². The molecule has 9 heavy (non-hydrogen) atoms. The third-order valence-corrected chi connectivity index (χ3v) is 1.84. The Morgan fingerprint density at radius 1 is 1.44 bits per heavy atom. The van der Waals surface area contributed by atoms with Crippen LogP contribution >= 0.6 is 15.9 Å². The summed E-state index contributed by atoms with van der Waals surface area (Å²) in [6.07, 6.45) is 2.72. The Labute approximate surface area is 64.9 Å². The molecule has 0 amide bonds. The fourth-order valence-electron chi connectivity index (χ4n) is 1.18. The maximum absolute atomic E-state index is 3.79. The van der Waals surface area contributed by atoms with Gasteiger partial charge in [-0.25, -0.2) is 0 Å². The molecule has 1 aliphatic rings.